The van der Waals surface area contributed by atoms with Crippen LogP contribution in [0.4, 0.5) is 11.4 Å². The average molecular weight is 265 g/mol. The molecule has 0 bridgehead atoms. The van der Waals surface area contributed by atoms with Crippen molar-refractivity contribution in [3.63, 3.8) is 0 Å². The third-order valence-corrected chi connectivity index (χ3v) is 2.83. The zero-order valence-corrected chi connectivity index (χ0v) is 10.4. The molecular formula is C12H15N3O4. The first kappa shape index (κ1) is 13.3. The van der Waals surface area contributed by atoms with Crippen molar-refractivity contribution in [2.75, 3.05) is 30.5 Å². The maximum absolute atomic E-state index is 11.8. The molecule has 0 radical (unpaired) electrons. The molecule has 1 unspecified atom stereocenters. The van der Waals surface area contributed by atoms with E-state index in [2.05, 4.69) is 5.32 Å². The van der Waals surface area contributed by atoms with E-state index in [1.807, 2.05) is 0 Å². The van der Waals surface area contributed by atoms with Crippen molar-refractivity contribution in [3.8, 4) is 5.75 Å². The number of nitrogens with one attached hydrogen (secondary N) is 1. The summed E-state index contributed by atoms with van der Waals surface area (Å²) < 4.78 is 5.22. The number of benzene rings is 1. The Bertz CT molecular complexity index is 518. The molecule has 2 amide bonds. The van der Waals surface area contributed by atoms with Gasteiger partial charge < -0.3 is 25.8 Å². The Balaban J connectivity index is 2.24. The monoisotopic (exact) mass is 265 g/mol. The molecule has 102 valence electrons. The fraction of sp³-hybridized carbons (Fsp3) is 0.333. The number of amides is 2. The van der Waals surface area contributed by atoms with Crippen LogP contribution in [-0.4, -0.2) is 43.2 Å². The van der Waals surface area contributed by atoms with E-state index in [9.17, 15) is 9.59 Å². The van der Waals surface area contributed by atoms with E-state index in [4.69, 9.17) is 15.6 Å². The molecule has 1 aliphatic heterocycles. The van der Waals surface area contributed by atoms with Crippen molar-refractivity contribution in [3.05, 3.63) is 18.2 Å². The normalized spacial score (nSPS) is 15.0. The third kappa shape index (κ3) is 2.67. The Hall–Kier alpha value is -2.12. The second kappa shape index (κ2) is 5.25. The van der Waals surface area contributed by atoms with Gasteiger partial charge in [0, 0.05) is 12.7 Å². The van der Waals surface area contributed by atoms with Gasteiger partial charge in [0.2, 0.25) is 5.91 Å². The standard InChI is InChI=1S/C12H15N3O4/c1-15(12(18)8(13)5-16)7-2-3-10-9(4-7)14-11(17)6-19-10/h2-4,8,16H,5-6,13H2,1H3,(H,14,17). The summed E-state index contributed by atoms with van der Waals surface area (Å²) in [6, 6.07) is 4.00. The molecule has 0 fully saturated rings. The van der Waals surface area contributed by atoms with Gasteiger partial charge in [0.1, 0.15) is 11.8 Å². The molecule has 1 aromatic carbocycles. The van der Waals surface area contributed by atoms with Gasteiger partial charge in [-0.3, -0.25) is 9.59 Å². The van der Waals surface area contributed by atoms with Crippen LogP contribution < -0.4 is 20.7 Å². The van der Waals surface area contributed by atoms with E-state index in [0.29, 0.717) is 17.1 Å². The number of hydrogen-bond acceptors (Lipinski definition) is 5. The lowest BCUT2D eigenvalue weighted by Crippen LogP contribution is -2.44. The van der Waals surface area contributed by atoms with Crippen molar-refractivity contribution in [1.82, 2.24) is 0 Å². The number of likely N-dealkylation sites (N-methyl/N-ethyl adjacent to an activating group) is 1. The van der Waals surface area contributed by atoms with Crippen molar-refractivity contribution >= 4 is 23.2 Å². The van der Waals surface area contributed by atoms with Crippen LogP contribution in [0.1, 0.15) is 0 Å². The summed E-state index contributed by atoms with van der Waals surface area (Å²) in [5, 5.41) is 11.5. The molecule has 7 heteroatoms. The fourth-order valence-electron chi connectivity index (χ4n) is 1.73. The lowest BCUT2D eigenvalue weighted by Gasteiger charge is -2.23. The van der Waals surface area contributed by atoms with Gasteiger partial charge >= 0.3 is 0 Å². The Morgan fingerprint density at radius 1 is 1.63 bits per heavy atom. The Kier molecular flexibility index (Phi) is 3.68. The number of rotatable bonds is 3. The van der Waals surface area contributed by atoms with Crippen molar-refractivity contribution in [1.29, 1.82) is 0 Å². The first-order chi connectivity index (χ1) is 9.02. The highest BCUT2D eigenvalue weighted by molar-refractivity contribution is 5.99. The number of ether oxygens (including phenoxy) is 1. The minimum atomic E-state index is -0.966. The number of carbonyl (C=O) groups excluding carboxylic acids is 2. The predicted octanol–water partition coefficient (Wildman–Crippen LogP) is -0.700. The maximum atomic E-state index is 11.8. The molecule has 1 heterocycles. The molecule has 1 aromatic rings. The minimum Gasteiger partial charge on any atom is -0.482 e. The van der Waals surface area contributed by atoms with Crippen molar-refractivity contribution < 1.29 is 19.4 Å². The molecule has 4 N–H and O–H groups in total. The van der Waals surface area contributed by atoms with Gasteiger partial charge in [-0.05, 0) is 18.2 Å². The highest BCUT2D eigenvalue weighted by atomic mass is 16.5. The summed E-state index contributed by atoms with van der Waals surface area (Å²) in [4.78, 5) is 24.4. The van der Waals surface area contributed by atoms with Crippen molar-refractivity contribution in [2.24, 2.45) is 5.73 Å². The van der Waals surface area contributed by atoms with E-state index in [1.54, 1.807) is 25.2 Å². The Morgan fingerprint density at radius 2 is 2.37 bits per heavy atom. The zero-order chi connectivity index (χ0) is 14.0. The van der Waals surface area contributed by atoms with Crippen LogP contribution in [0.25, 0.3) is 0 Å². The van der Waals surface area contributed by atoms with Crippen LogP contribution in [0.2, 0.25) is 0 Å². The molecule has 19 heavy (non-hydrogen) atoms. The van der Waals surface area contributed by atoms with Crippen molar-refractivity contribution in [2.45, 2.75) is 6.04 Å². The molecule has 0 saturated carbocycles. The van der Waals surface area contributed by atoms with E-state index < -0.39 is 18.6 Å². The molecular weight excluding hydrogens is 250 g/mol. The van der Waals surface area contributed by atoms with Gasteiger partial charge in [-0.15, -0.1) is 0 Å². The number of hydrogen-bond donors (Lipinski definition) is 3. The number of fused-ring (bicyclic) bond motifs is 1. The zero-order valence-electron chi connectivity index (χ0n) is 10.4. The van der Waals surface area contributed by atoms with Crippen LogP contribution in [0, 0.1) is 0 Å². The summed E-state index contributed by atoms with van der Waals surface area (Å²) in [5.74, 6) is -0.105. The summed E-state index contributed by atoms with van der Waals surface area (Å²) in [7, 11) is 1.55. The molecule has 1 aliphatic rings. The summed E-state index contributed by atoms with van der Waals surface area (Å²) in [6.07, 6.45) is 0. The predicted molar refractivity (Wildman–Crippen MR) is 69.0 cm³/mol. The molecule has 0 saturated heterocycles. The van der Waals surface area contributed by atoms with E-state index in [0.717, 1.165) is 0 Å². The largest absolute Gasteiger partial charge is 0.482 e. The van der Waals surface area contributed by atoms with E-state index >= 15 is 0 Å². The Labute approximate surface area is 109 Å². The highest BCUT2D eigenvalue weighted by Gasteiger charge is 2.21. The Morgan fingerprint density at radius 3 is 3.05 bits per heavy atom. The second-order valence-electron chi connectivity index (χ2n) is 4.20. The van der Waals surface area contributed by atoms with Gasteiger partial charge in [0.15, 0.2) is 6.61 Å². The van der Waals surface area contributed by atoms with Crippen LogP contribution in [0.3, 0.4) is 0 Å². The number of nitrogens with two attached hydrogens (primary N) is 1. The van der Waals surface area contributed by atoms with Crippen LogP contribution in [0.15, 0.2) is 18.2 Å². The van der Waals surface area contributed by atoms with Crippen LogP contribution in [-0.2, 0) is 9.59 Å². The minimum absolute atomic E-state index is 0.0174. The lowest BCUT2D eigenvalue weighted by atomic mass is 10.2. The third-order valence-electron chi connectivity index (χ3n) is 2.83. The smallest absolute Gasteiger partial charge is 0.262 e. The second-order valence-corrected chi connectivity index (χ2v) is 4.20. The van der Waals surface area contributed by atoms with Gasteiger partial charge in [-0.25, -0.2) is 0 Å². The van der Waals surface area contributed by atoms with Gasteiger partial charge in [-0.1, -0.05) is 0 Å². The van der Waals surface area contributed by atoms with E-state index in [-0.39, 0.29) is 12.5 Å². The van der Waals surface area contributed by atoms with Gasteiger partial charge in [0.05, 0.1) is 12.3 Å². The van der Waals surface area contributed by atoms with Crippen LogP contribution >= 0.6 is 0 Å². The molecule has 1 atom stereocenters. The SMILES string of the molecule is CN(C(=O)C(N)CO)c1ccc2c(c1)NC(=O)CO2. The maximum Gasteiger partial charge on any atom is 0.262 e. The van der Waals surface area contributed by atoms with Gasteiger partial charge in [-0.2, -0.15) is 0 Å². The molecule has 7 nitrogen and oxygen atoms in total. The lowest BCUT2D eigenvalue weighted by molar-refractivity contribution is -0.120. The number of aliphatic hydroxyl groups excluding tert-OH is 1. The van der Waals surface area contributed by atoms with E-state index in [1.165, 1.54) is 4.90 Å². The van der Waals surface area contributed by atoms with Gasteiger partial charge in [0.25, 0.3) is 5.91 Å². The fourth-order valence-corrected chi connectivity index (χ4v) is 1.73. The average Bonchev–Trinajstić information content (AvgIpc) is 2.43. The summed E-state index contributed by atoms with van der Waals surface area (Å²) in [6.45, 7) is -0.440. The highest BCUT2D eigenvalue weighted by Crippen LogP contribution is 2.31. The quantitative estimate of drug-likeness (QED) is 0.670. The molecule has 0 aliphatic carbocycles. The summed E-state index contributed by atoms with van der Waals surface area (Å²) >= 11 is 0. The number of anilines is 2. The molecule has 0 spiro atoms. The first-order valence-electron chi connectivity index (χ1n) is 5.73. The topological polar surface area (TPSA) is 105 Å². The molecule has 2 rings (SSSR count). The number of nitrogens with zero attached hydrogens (tertiary/aromatic N) is 1. The van der Waals surface area contributed by atoms with Crippen LogP contribution in [0.5, 0.6) is 5.75 Å². The number of aliphatic hydroxyl groups is 1. The summed E-state index contributed by atoms with van der Waals surface area (Å²) in [5.41, 5.74) is 6.54. The first-order valence-corrected chi connectivity index (χ1v) is 5.73. The molecule has 0 aromatic heterocycles. The number of carbonyl (C=O) groups is 2.